The Morgan fingerprint density at radius 1 is 0.684 bits per heavy atom. The topological polar surface area (TPSA) is 0 Å². The molecule has 0 aromatic heterocycles. The molecule has 3 aromatic carbocycles. The van der Waals surface area contributed by atoms with Crippen molar-refractivity contribution < 1.29 is 0 Å². The SMILES string of the molecule is Cc1c[c]cc(-c2ccccc2)c1-c1ccccc1. The van der Waals surface area contributed by atoms with E-state index in [-0.39, 0.29) is 0 Å². The smallest absolute Gasteiger partial charge is 0.00757 e. The van der Waals surface area contributed by atoms with Gasteiger partial charge in [0.05, 0.1) is 0 Å². The molecule has 3 aromatic rings. The maximum Gasteiger partial charge on any atom is -0.00757 e. The molecule has 0 aliphatic rings. The molecule has 0 spiro atoms. The summed E-state index contributed by atoms with van der Waals surface area (Å²) in [6, 6.07) is 28.4. The zero-order valence-corrected chi connectivity index (χ0v) is 10.9. The molecule has 0 N–H and O–H groups in total. The first-order chi connectivity index (χ1) is 9.36. The second-order valence-corrected chi connectivity index (χ2v) is 4.66. The summed E-state index contributed by atoms with van der Waals surface area (Å²) in [5.41, 5.74) is 6.29. The molecule has 19 heavy (non-hydrogen) atoms. The standard InChI is InChI=1S/C19H15/c1-15-9-8-14-18(16-10-4-2-5-11-16)19(15)17-12-6-3-7-13-17/h2-7,9-14H,1H3. The average molecular weight is 243 g/mol. The Kier molecular flexibility index (Phi) is 3.16. The highest BCUT2D eigenvalue weighted by Gasteiger charge is 2.09. The number of rotatable bonds is 2. The Morgan fingerprint density at radius 2 is 1.26 bits per heavy atom. The Balaban J connectivity index is 2.25. The average Bonchev–Trinajstić information content (AvgIpc) is 2.49. The van der Waals surface area contributed by atoms with Crippen molar-refractivity contribution in [2.75, 3.05) is 0 Å². The molecule has 0 aliphatic carbocycles. The Bertz CT molecular complexity index is 667. The van der Waals surface area contributed by atoms with Crippen LogP contribution < -0.4 is 0 Å². The highest BCUT2D eigenvalue weighted by molar-refractivity contribution is 5.85. The van der Waals surface area contributed by atoms with Crippen LogP contribution >= 0.6 is 0 Å². The fourth-order valence-corrected chi connectivity index (χ4v) is 2.44. The van der Waals surface area contributed by atoms with Crippen LogP contribution in [0.5, 0.6) is 0 Å². The molecule has 0 atom stereocenters. The number of aryl methyl sites for hydroxylation is 1. The fourth-order valence-electron chi connectivity index (χ4n) is 2.44. The van der Waals surface area contributed by atoms with Gasteiger partial charge in [-0.2, -0.15) is 0 Å². The van der Waals surface area contributed by atoms with Crippen LogP contribution in [0, 0.1) is 13.0 Å². The molecular weight excluding hydrogens is 228 g/mol. The maximum absolute atomic E-state index is 3.24. The molecule has 0 nitrogen and oxygen atoms in total. The van der Waals surface area contributed by atoms with Crippen molar-refractivity contribution in [1.29, 1.82) is 0 Å². The predicted octanol–water partition coefficient (Wildman–Crippen LogP) is 5.13. The van der Waals surface area contributed by atoms with E-state index in [1.165, 1.54) is 27.8 Å². The van der Waals surface area contributed by atoms with E-state index < -0.39 is 0 Å². The minimum Gasteiger partial charge on any atom is -0.0622 e. The quantitative estimate of drug-likeness (QED) is 0.585. The zero-order valence-electron chi connectivity index (χ0n) is 10.9. The molecule has 1 radical (unpaired) electrons. The summed E-state index contributed by atoms with van der Waals surface area (Å²) in [5.74, 6) is 0. The van der Waals surface area contributed by atoms with E-state index in [0.29, 0.717) is 0 Å². The van der Waals surface area contributed by atoms with Crippen LogP contribution in [-0.2, 0) is 0 Å². The van der Waals surface area contributed by atoms with Crippen molar-refractivity contribution >= 4 is 0 Å². The minimum absolute atomic E-state index is 1.24. The Morgan fingerprint density at radius 3 is 1.89 bits per heavy atom. The molecule has 0 saturated carbocycles. The lowest BCUT2D eigenvalue weighted by atomic mass is 9.91. The predicted molar refractivity (Wildman–Crippen MR) is 80.9 cm³/mol. The van der Waals surface area contributed by atoms with Gasteiger partial charge in [-0.25, -0.2) is 0 Å². The van der Waals surface area contributed by atoms with Gasteiger partial charge in [0.1, 0.15) is 0 Å². The van der Waals surface area contributed by atoms with E-state index in [0.717, 1.165) is 0 Å². The highest BCUT2D eigenvalue weighted by atomic mass is 14.1. The van der Waals surface area contributed by atoms with Crippen LogP contribution in [0.25, 0.3) is 22.3 Å². The molecule has 0 heteroatoms. The van der Waals surface area contributed by atoms with E-state index in [4.69, 9.17) is 0 Å². The molecule has 0 unspecified atom stereocenters. The van der Waals surface area contributed by atoms with Gasteiger partial charge in [0.25, 0.3) is 0 Å². The van der Waals surface area contributed by atoms with Gasteiger partial charge in [0, 0.05) is 0 Å². The first-order valence-electron chi connectivity index (χ1n) is 6.48. The lowest BCUT2D eigenvalue weighted by molar-refractivity contribution is 1.45. The van der Waals surface area contributed by atoms with Gasteiger partial charge in [-0.15, -0.1) is 0 Å². The highest BCUT2D eigenvalue weighted by Crippen LogP contribution is 2.34. The first kappa shape index (κ1) is 11.7. The Labute approximate surface area is 114 Å². The fraction of sp³-hybridized carbons (Fsp3) is 0.0526. The van der Waals surface area contributed by atoms with Crippen LogP contribution in [0.2, 0.25) is 0 Å². The van der Waals surface area contributed by atoms with Gasteiger partial charge in [-0.1, -0.05) is 66.7 Å². The summed E-state index contributed by atoms with van der Waals surface area (Å²) < 4.78 is 0. The summed E-state index contributed by atoms with van der Waals surface area (Å²) in [4.78, 5) is 0. The summed E-state index contributed by atoms with van der Waals surface area (Å²) in [6.45, 7) is 2.14. The first-order valence-corrected chi connectivity index (χ1v) is 6.48. The van der Waals surface area contributed by atoms with Crippen molar-refractivity contribution in [2.24, 2.45) is 0 Å². The lowest BCUT2D eigenvalue weighted by Gasteiger charge is -2.13. The maximum atomic E-state index is 3.24. The van der Waals surface area contributed by atoms with Gasteiger partial charge in [-0.05, 0) is 46.9 Å². The van der Waals surface area contributed by atoms with Crippen LogP contribution in [0.3, 0.4) is 0 Å². The molecule has 0 amide bonds. The van der Waals surface area contributed by atoms with Crippen LogP contribution in [0.1, 0.15) is 5.56 Å². The minimum atomic E-state index is 1.24. The van der Waals surface area contributed by atoms with Gasteiger partial charge in [-0.3, -0.25) is 0 Å². The normalized spacial score (nSPS) is 10.4. The molecule has 3 rings (SSSR count). The third-order valence-corrected chi connectivity index (χ3v) is 3.34. The van der Waals surface area contributed by atoms with E-state index in [1.807, 2.05) is 6.07 Å². The zero-order chi connectivity index (χ0) is 13.1. The number of hydrogen-bond donors (Lipinski definition) is 0. The summed E-state index contributed by atoms with van der Waals surface area (Å²) in [5, 5.41) is 0. The number of benzene rings is 3. The monoisotopic (exact) mass is 243 g/mol. The Hall–Kier alpha value is -2.34. The summed E-state index contributed by atoms with van der Waals surface area (Å²) in [7, 11) is 0. The largest absolute Gasteiger partial charge is 0.0622 e. The second kappa shape index (κ2) is 5.11. The number of hydrogen-bond acceptors (Lipinski definition) is 0. The summed E-state index contributed by atoms with van der Waals surface area (Å²) in [6.07, 6.45) is 0. The third-order valence-electron chi connectivity index (χ3n) is 3.34. The van der Waals surface area contributed by atoms with Gasteiger partial charge in [0.15, 0.2) is 0 Å². The molecule has 0 fully saturated rings. The molecule has 0 heterocycles. The van der Waals surface area contributed by atoms with E-state index in [1.54, 1.807) is 0 Å². The third kappa shape index (κ3) is 2.30. The molecule has 0 aliphatic heterocycles. The van der Waals surface area contributed by atoms with Gasteiger partial charge in [0.2, 0.25) is 0 Å². The summed E-state index contributed by atoms with van der Waals surface area (Å²) >= 11 is 0. The molecule has 0 saturated heterocycles. The molecular formula is C19H15. The lowest BCUT2D eigenvalue weighted by Crippen LogP contribution is -1.88. The van der Waals surface area contributed by atoms with Crippen molar-refractivity contribution in [1.82, 2.24) is 0 Å². The van der Waals surface area contributed by atoms with Crippen molar-refractivity contribution in [3.63, 3.8) is 0 Å². The van der Waals surface area contributed by atoms with Crippen LogP contribution in [-0.4, -0.2) is 0 Å². The molecule has 91 valence electrons. The van der Waals surface area contributed by atoms with E-state index >= 15 is 0 Å². The molecule has 0 bridgehead atoms. The van der Waals surface area contributed by atoms with Crippen molar-refractivity contribution in [3.8, 4) is 22.3 Å². The van der Waals surface area contributed by atoms with Gasteiger partial charge < -0.3 is 0 Å². The van der Waals surface area contributed by atoms with Crippen LogP contribution in [0.15, 0.2) is 72.8 Å². The van der Waals surface area contributed by atoms with E-state index in [2.05, 4.69) is 79.7 Å². The van der Waals surface area contributed by atoms with Gasteiger partial charge >= 0.3 is 0 Å². The van der Waals surface area contributed by atoms with Crippen molar-refractivity contribution in [3.05, 3.63) is 84.4 Å². The van der Waals surface area contributed by atoms with Crippen molar-refractivity contribution in [2.45, 2.75) is 6.92 Å². The van der Waals surface area contributed by atoms with Crippen LogP contribution in [0.4, 0.5) is 0 Å². The second-order valence-electron chi connectivity index (χ2n) is 4.66. The van der Waals surface area contributed by atoms with E-state index in [9.17, 15) is 0 Å².